The Kier molecular flexibility index (Phi) is 8.90. The van der Waals surface area contributed by atoms with E-state index in [1.54, 1.807) is 0 Å². The molecular weight excluding hydrogens is 887 g/mol. The lowest BCUT2D eigenvalue weighted by Gasteiger charge is -2.34. The van der Waals surface area contributed by atoms with Crippen LogP contribution in [-0.4, -0.2) is 0 Å². The van der Waals surface area contributed by atoms with Gasteiger partial charge in [0.2, 0.25) is 0 Å². The molecule has 0 fully saturated rings. The Morgan fingerprint density at radius 1 is 0.411 bits per heavy atom. The highest BCUT2D eigenvalue weighted by atomic mass is 16.3. The van der Waals surface area contributed by atoms with Crippen LogP contribution in [0.25, 0.3) is 83.5 Å². The second-order valence-corrected chi connectivity index (χ2v) is 20.7. The van der Waals surface area contributed by atoms with Crippen LogP contribution in [0.1, 0.15) is 57.2 Å². The van der Waals surface area contributed by atoms with Gasteiger partial charge in [0.1, 0.15) is 22.5 Å². The van der Waals surface area contributed by atoms with Gasteiger partial charge >= 0.3 is 0 Å². The number of allylic oxidation sites excluding steroid dienone is 1. The zero-order valence-electron chi connectivity index (χ0n) is 40.9. The third kappa shape index (κ3) is 6.00. The monoisotopic (exact) mass is 935 g/mol. The molecule has 0 saturated heterocycles. The zero-order valence-corrected chi connectivity index (χ0v) is 40.9. The largest absolute Gasteiger partial charge is 0.460 e. The van der Waals surface area contributed by atoms with E-state index in [-0.39, 0.29) is 5.41 Å². The molecular formula is C70H49NO2. The van der Waals surface area contributed by atoms with Gasteiger partial charge in [0.05, 0.1) is 5.41 Å². The first-order chi connectivity index (χ1) is 35.9. The Bertz CT molecular complexity index is 4260. The van der Waals surface area contributed by atoms with Gasteiger partial charge in [-0.15, -0.1) is 0 Å². The van der Waals surface area contributed by atoms with Crippen molar-refractivity contribution < 1.29 is 8.83 Å². The van der Waals surface area contributed by atoms with Crippen LogP contribution in [-0.2, 0) is 17.3 Å². The van der Waals surface area contributed by atoms with Crippen molar-refractivity contribution in [2.45, 2.75) is 38.0 Å². The summed E-state index contributed by atoms with van der Waals surface area (Å²) in [6.45, 7) is 6.93. The van der Waals surface area contributed by atoms with Crippen molar-refractivity contribution in [2.75, 3.05) is 4.90 Å². The van der Waals surface area contributed by atoms with E-state index in [4.69, 9.17) is 8.83 Å². The van der Waals surface area contributed by atoms with Crippen LogP contribution in [0.4, 0.5) is 17.1 Å². The number of rotatable bonds is 6. The summed E-state index contributed by atoms with van der Waals surface area (Å²) in [5, 5.41) is 3.44. The molecule has 3 heteroatoms. The van der Waals surface area contributed by atoms with Crippen LogP contribution < -0.4 is 4.90 Å². The number of hydrogen-bond acceptors (Lipinski definition) is 3. The predicted octanol–water partition coefficient (Wildman–Crippen LogP) is 18.6. The molecule has 15 rings (SSSR count). The van der Waals surface area contributed by atoms with Crippen molar-refractivity contribution in [1.29, 1.82) is 0 Å². The van der Waals surface area contributed by atoms with Crippen LogP contribution in [0.2, 0.25) is 0 Å². The first kappa shape index (κ1) is 41.8. The standard InChI is InChI=1S/C70H49NO2/c1-43-14-10-22-58-53-18-4-7-25-61(53)70(66(43)58)67-44(2)15-11-23-59(67)60-24-13-21-52(68(60)70)47-16-12-17-51(40-47)71(49-33-28-45(29-34-49)46-30-37-56-54-19-5-8-26-62(54)72-64(56)41-46)50-35-31-48(32-36-50)69(3)39-38-57-55-20-6-9-27-63(55)73-65(57)42-69/h4-41H,42H2,1-3H3. The molecule has 3 aliphatic carbocycles. The molecule has 1 spiro atoms. The molecule has 3 aliphatic rings. The van der Waals surface area contributed by atoms with E-state index in [2.05, 4.69) is 238 Å². The predicted molar refractivity (Wildman–Crippen MR) is 301 cm³/mol. The second-order valence-electron chi connectivity index (χ2n) is 20.7. The molecule has 0 amide bonds. The Balaban J connectivity index is 0.878. The third-order valence-electron chi connectivity index (χ3n) is 16.5. The summed E-state index contributed by atoms with van der Waals surface area (Å²) in [6, 6.07) is 80.5. The molecule has 2 heterocycles. The molecule has 0 N–H and O–H groups in total. The fourth-order valence-electron chi connectivity index (χ4n) is 13.3. The fraction of sp³-hybridized carbons (Fsp3) is 0.0857. The molecule has 12 aromatic rings. The van der Waals surface area contributed by atoms with E-state index in [1.165, 1.54) is 83.3 Å². The molecule has 0 aliphatic heterocycles. The zero-order chi connectivity index (χ0) is 48.6. The molecule has 2 unspecified atom stereocenters. The molecule has 0 bridgehead atoms. The number of aryl methyl sites for hydroxylation is 2. The van der Waals surface area contributed by atoms with E-state index in [1.807, 2.05) is 18.2 Å². The topological polar surface area (TPSA) is 29.5 Å². The van der Waals surface area contributed by atoms with Crippen molar-refractivity contribution in [1.82, 2.24) is 0 Å². The van der Waals surface area contributed by atoms with Crippen molar-refractivity contribution in [2.24, 2.45) is 0 Å². The molecule has 2 atom stereocenters. The van der Waals surface area contributed by atoms with Crippen LogP contribution in [0.5, 0.6) is 0 Å². The van der Waals surface area contributed by atoms with Crippen molar-refractivity contribution in [3.05, 3.63) is 275 Å². The lowest BCUT2D eigenvalue weighted by atomic mass is 9.66. The minimum atomic E-state index is -0.483. The van der Waals surface area contributed by atoms with Crippen molar-refractivity contribution in [3.63, 3.8) is 0 Å². The Morgan fingerprint density at radius 2 is 0.986 bits per heavy atom. The number of nitrogens with zero attached hydrogens (tertiary/aromatic N) is 1. The maximum absolute atomic E-state index is 6.47. The Hall–Kier alpha value is -8.92. The number of furan rings is 2. The summed E-state index contributed by atoms with van der Waals surface area (Å²) in [5.41, 5.74) is 25.8. The summed E-state index contributed by atoms with van der Waals surface area (Å²) in [4.78, 5) is 2.41. The summed E-state index contributed by atoms with van der Waals surface area (Å²) >= 11 is 0. The molecule has 346 valence electrons. The van der Waals surface area contributed by atoms with Gasteiger partial charge in [0.25, 0.3) is 0 Å². The minimum absolute atomic E-state index is 0.234. The highest BCUT2D eigenvalue weighted by Crippen LogP contribution is 2.66. The quantitative estimate of drug-likeness (QED) is 0.166. The number of para-hydroxylation sites is 2. The molecule has 2 aromatic heterocycles. The van der Waals surface area contributed by atoms with Crippen molar-refractivity contribution in [3.8, 4) is 44.5 Å². The van der Waals surface area contributed by atoms with Gasteiger partial charge in [-0.05, 0) is 158 Å². The lowest BCUT2D eigenvalue weighted by Crippen LogP contribution is -2.28. The van der Waals surface area contributed by atoms with Gasteiger partial charge in [-0.2, -0.15) is 0 Å². The first-order valence-electron chi connectivity index (χ1n) is 25.5. The van der Waals surface area contributed by atoms with Gasteiger partial charge in [-0.3, -0.25) is 0 Å². The smallest absolute Gasteiger partial charge is 0.136 e. The number of hydrogen-bond donors (Lipinski definition) is 0. The van der Waals surface area contributed by atoms with E-state index in [0.717, 1.165) is 67.9 Å². The van der Waals surface area contributed by atoms with Crippen LogP contribution in [0.3, 0.4) is 0 Å². The normalized spacial score (nSPS) is 17.0. The van der Waals surface area contributed by atoms with E-state index in [0.29, 0.717) is 0 Å². The summed E-state index contributed by atoms with van der Waals surface area (Å²) in [5.74, 6) is 1.04. The molecule has 73 heavy (non-hydrogen) atoms. The highest BCUT2D eigenvalue weighted by Gasteiger charge is 2.54. The van der Waals surface area contributed by atoms with Crippen molar-refractivity contribution >= 4 is 56.0 Å². The molecule has 10 aromatic carbocycles. The number of benzene rings is 10. The van der Waals surface area contributed by atoms with Crippen LogP contribution >= 0.6 is 0 Å². The summed E-state index contributed by atoms with van der Waals surface area (Å²) in [6.07, 6.45) is 5.42. The molecule has 0 saturated carbocycles. The maximum atomic E-state index is 6.47. The molecule has 3 nitrogen and oxygen atoms in total. The average molecular weight is 936 g/mol. The fourth-order valence-corrected chi connectivity index (χ4v) is 13.3. The van der Waals surface area contributed by atoms with Gasteiger partial charge in [0.15, 0.2) is 0 Å². The summed E-state index contributed by atoms with van der Waals surface area (Å²) < 4.78 is 12.8. The number of fused-ring (bicyclic) bond motifs is 16. The second kappa shape index (κ2) is 15.5. The molecule has 0 radical (unpaired) electrons. The first-order valence-corrected chi connectivity index (χ1v) is 25.5. The third-order valence-corrected chi connectivity index (χ3v) is 16.5. The Labute approximate surface area is 424 Å². The van der Waals surface area contributed by atoms with Gasteiger partial charge in [0, 0.05) is 50.6 Å². The summed E-state index contributed by atoms with van der Waals surface area (Å²) in [7, 11) is 0. The van der Waals surface area contributed by atoms with Gasteiger partial charge in [-0.25, -0.2) is 0 Å². The van der Waals surface area contributed by atoms with Gasteiger partial charge in [-0.1, -0.05) is 177 Å². The van der Waals surface area contributed by atoms with Crippen LogP contribution in [0, 0.1) is 13.8 Å². The average Bonchev–Trinajstić information content (AvgIpc) is 4.31. The lowest BCUT2D eigenvalue weighted by molar-refractivity contribution is 0.475. The SMILES string of the molecule is Cc1cccc2c1C1(c3ccccc3-2)c2c(C)cccc2-c2cccc(-c3cccc(N(c4ccc(-c5ccc6c(c5)oc5ccccc56)cc4)c4ccc(C5(C)C=Cc6c(oc7ccccc67)C5)cc4)c3)c21. The van der Waals surface area contributed by atoms with E-state index >= 15 is 0 Å². The van der Waals surface area contributed by atoms with E-state index < -0.39 is 5.41 Å². The Morgan fingerprint density at radius 3 is 1.75 bits per heavy atom. The minimum Gasteiger partial charge on any atom is -0.460 e. The van der Waals surface area contributed by atoms with Crippen LogP contribution in [0.15, 0.2) is 233 Å². The van der Waals surface area contributed by atoms with Gasteiger partial charge < -0.3 is 13.7 Å². The van der Waals surface area contributed by atoms with E-state index in [9.17, 15) is 0 Å². The highest BCUT2D eigenvalue weighted by molar-refractivity contribution is 6.06. The number of anilines is 3. The maximum Gasteiger partial charge on any atom is 0.136 e.